The molecule has 1 aromatic rings. The molecule has 0 saturated carbocycles. The minimum absolute atomic E-state index is 0.154. The molecule has 1 aromatic carbocycles. The molecule has 70 valence electrons. The molecule has 0 bridgehead atoms. The van der Waals surface area contributed by atoms with Gasteiger partial charge in [-0.3, -0.25) is 0 Å². The monoisotopic (exact) mass is 195 g/mol. The van der Waals surface area contributed by atoms with Crippen molar-refractivity contribution in [3.63, 3.8) is 0 Å². The Kier molecular flexibility index (Phi) is 2.48. The first-order valence-electron chi connectivity index (χ1n) is 3.62. The molecule has 0 radical (unpaired) electrons. The summed E-state index contributed by atoms with van der Waals surface area (Å²) in [6.07, 6.45) is 0. The molecule has 0 saturated heterocycles. The van der Waals surface area contributed by atoms with Gasteiger partial charge < -0.3 is 12.9 Å². The van der Waals surface area contributed by atoms with Crippen molar-refractivity contribution in [2.24, 2.45) is 0 Å². The highest BCUT2D eigenvalue weighted by molar-refractivity contribution is 6.73. The lowest BCUT2D eigenvalue weighted by molar-refractivity contribution is 0.501. The number of halogens is 3. The van der Waals surface area contributed by atoms with Crippen LogP contribution >= 0.6 is 0 Å². The zero-order chi connectivity index (χ0) is 10.8. The SMILES string of the molecule is N#Cc1cc(C#N)cc([B-](F)(F)F)c1. The highest BCUT2D eigenvalue weighted by Crippen LogP contribution is 2.11. The summed E-state index contributed by atoms with van der Waals surface area (Å²) < 4.78 is 36.8. The van der Waals surface area contributed by atoms with Gasteiger partial charge in [0.1, 0.15) is 0 Å². The molecule has 0 aliphatic rings. The number of hydrogen-bond donors (Lipinski definition) is 0. The molecule has 0 aliphatic heterocycles. The van der Waals surface area contributed by atoms with Gasteiger partial charge in [0, 0.05) is 0 Å². The fourth-order valence-corrected chi connectivity index (χ4v) is 0.970. The van der Waals surface area contributed by atoms with E-state index in [1.54, 1.807) is 12.1 Å². The predicted molar refractivity (Wildman–Crippen MR) is 44.6 cm³/mol. The van der Waals surface area contributed by atoms with E-state index in [4.69, 9.17) is 10.5 Å². The maximum Gasteiger partial charge on any atom is 0.509 e. The molecule has 6 heteroatoms. The van der Waals surface area contributed by atoms with Crippen LogP contribution in [0, 0.1) is 22.7 Å². The van der Waals surface area contributed by atoms with Crippen LogP contribution in [-0.2, 0) is 0 Å². The Bertz CT molecular complexity index is 407. The molecule has 1 rings (SSSR count). The molecular formula is C8H3BF3N2-. The van der Waals surface area contributed by atoms with Crippen LogP contribution in [0.25, 0.3) is 0 Å². The molecule has 0 heterocycles. The smallest absolute Gasteiger partial charge is 0.445 e. The van der Waals surface area contributed by atoms with Crippen LogP contribution in [0.1, 0.15) is 11.1 Å². The first-order chi connectivity index (χ1) is 6.47. The zero-order valence-corrected chi connectivity index (χ0v) is 6.84. The van der Waals surface area contributed by atoms with E-state index in [0.717, 1.165) is 18.2 Å². The van der Waals surface area contributed by atoms with E-state index in [-0.39, 0.29) is 11.1 Å². The summed E-state index contributed by atoms with van der Waals surface area (Å²) in [5.74, 6) is 0. The summed E-state index contributed by atoms with van der Waals surface area (Å²) in [4.78, 5) is 0. The van der Waals surface area contributed by atoms with E-state index in [9.17, 15) is 12.9 Å². The molecule has 0 N–H and O–H groups in total. The molecule has 0 aromatic heterocycles. The van der Waals surface area contributed by atoms with Crippen LogP contribution in [0.3, 0.4) is 0 Å². The third-order valence-corrected chi connectivity index (χ3v) is 1.59. The topological polar surface area (TPSA) is 47.6 Å². The molecule has 14 heavy (non-hydrogen) atoms. The molecule has 0 fully saturated rings. The average Bonchev–Trinajstić information content (AvgIpc) is 2.15. The summed E-state index contributed by atoms with van der Waals surface area (Å²) >= 11 is 0. The Balaban J connectivity index is 3.36. The molecule has 0 aliphatic carbocycles. The number of nitriles is 2. The van der Waals surface area contributed by atoms with Gasteiger partial charge in [0.05, 0.1) is 23.3 Å². The van der Waals surface area contributed by atoms with Crippen molar-refractivity contribution in [3.8, 4) is 12.1 Å². The molecule has 0 amide bonds. The van der Waals surface area contributed by atoms with Gasteiger partial charge in [0.25, 0.3) is 0 Å². The van der Waals surface area contributed by atoms with Gasteiger partial charge in [-0.1, -0.05) is 12.1 Å². The van der Waals surface area contributed by atoms with Gasteiger partial charge in [0.15, 0.2) is 0 Å². The average molecular weight is 195 g/mol. The summed E-state index contributed by atoms with van der Waals surface area (Å²) in [6, 6.07) is 5.74. The van der Waals surface area contributed by atoms with Gasteiger partial charge in [-0.2, -0.15) is 10.5 Å². The summed E-state index contributed by atoms with van der Waals surface area (Å²) in [5.41, 5.74) is -1.22. The third-order valence-electron chi connectivity index (χ3n) is 1.59. The Morgan fingerprint density at radius 1 is 0.929 bits per heavy atom. The lowest BCUT2D eigenvalue weighted by atomic mass is 9.78. The van der Waals surface area contributed by atoms with Crippen molar-refractivity contribution in [1.29, 1.82) is 10.5 Å². The molecule has 0 unspecified atom stereocenters. The van der Waals surface area contributed by atoms with Crippen LogP contribution in [0.5, 0.6) is 0 Å². The number of benzene rings is 1. The Morgan fingerprint density at radius 3 is 1.64 bits per heavy atom. The summed E-state index contributed by atoms with van der Waals surface area (Å²) in [5, 5.41) is 16.9. The molecular weight excluding hydrogens is 192 g/mol. The van der Waals surface area contributed by atoms with E-state index in [1.165, 1.54) is 0 Å². The second-order valence-corrected chi connectivity index (χ2v) is 2.64. The maximum atomic E-state index is 12.3. The largest absolute Gasteiger partial charge is 0.509 e. The fraction of sp³-hybridized carbons (Fsp3) is 0. The van der Waals surface area contributed by atoms with E-state index < -0.39 is 12.4 Å². The minimum atomic E-state index is -5.16. The van der Waals surface area contributed by atoms with Gasteiger partial charge in [0.2, 0.25) is 0 Å². The molecule has 2 nitrogen and oxygen atoms in total. The molecule has 0 spiro atoms. The fourth-order valence-electron chi connectivity index (χ4n) is 0.970. The summed E-state index contributed by atoms with van der Waals surface area (Å²) in [7, 11) is 0. The second-order valence-electron chi connectivity index (χ2n) is 2.64. The van der Waals surface area contributed by atoms with Crippen molar-refractivity contribution in [1.82, 2.24) is 0 Å². The van der Waals surface area contributed by atoms with E-state index in [2.05, 4.69) is 0 Å². The molecule has 0 atom stereocenters. The highest BCUT2D eigenvalue weighted by atomic mass is 19.4. The lowest BCUT2D eigenvalue weighted by Crippen LogP contribution is -2.34. The Hall–Kier alpha value is -1.95. The van der Waals surface area contributed by atoms with E-state index >= 15 is 0 Å². The second kappa shape index (κ2) is 3.43. The van der Waals surface area contributed by atoms with Crippen molar-refractivity contribution < 1.29 is 12.9 Å². The van der Waals surface area contributed by atoms with Crippen molar-refractivity contribution in [2.45, 2.75) is 0 Å². The van der Waals surface area contributed by atoms with E-state index in [1.807, 2.05) is 0 Å². The van der Waals surface area contributed by atoms with E-state index in [0.29, 0.717) is 0 Å². The zero-order valence-electron chi connectivity index (χ0n) is 6.84. The van der Waals surface area contributed by atoms with Gasteiger partial charge in [-0.25, -0.2) is 0 Å². The van der Waals surface area contributed by atoms with Crippen LogP contribution in [0.15, 0.2) is 18.2 Å². The quantitative estimate of drug-likeness (QED) is 0.637. The Morgan fingerprint density at radius 2 is 1.36 bits per heavy atom. The normalized spacial score (nSPS) is 10.4. The maximum absolute atomic E-state index is 12.3. The number of rotatable bonds is 1. The third kappa shape index (κ3) is 2.05. The van der Waals surface area contributed by atoms with Crippen LogP contribution in [0.2, 0.25) is 0 Å². The van der Waals surface area contributed by atoms with Crippen molar-refractivity contribution in [3.05, 3.63) is 29.3 Å². The van der Waals surface area contributed by atoms with Gasteiger partial charge in [-0.15, -0.1) is 5.46 Å². The van der Waals surface area contributed by atoms with Crippen LogP contribution in [-0.4, -0.2) is 6.98 Å². The standard InChI is InChI=1S/C8H3BF3N2/c10-9(11,12)8-2-6(4-13)1-7(3-8)5-14/h1-3H/q-1. The minimum Gasteiger partial charge on any atom is -0.445 e. The first-order valence-corrected chi connectivity index (χ1v) is 3.62. The number of nitrogens with zero attached hydrogens (tertiary/aromatic N) is 2. The first kappa shape index (κ1) is 10.1. The summed E-state index contributed by atoms with van der Waals surface area (Å²) in [6.45, 7) is -5.16. The van der Waals surface area contributed by atoms with Crippen molar-refractivity contribution in [2.75, 3.05) is 0 Å². The van der Waals surface area contributed by atoms with Crippen LogP contribution < -0.4 is 5.46 Å². The lowest BCUT2D eigenvalue weighted by Gasteiger charge is -2.14. The van der Waals surface area contributed by atoms with Crippen molar-refractivity contribution >= 4 is 12.4 Å². The number of hydrogen-bond acceptors (Lipinski definition) is 2. The van der Waals surface area contributed by atoms with Crippen LogP contribution in [0.4, 0.5) is 12.9 Å². The Labute approximate surface area is 78.2 Å². The van der Waals surface area contributed by atoms with Gasteiger partial charge in [-0.05, 0) is 6.07 Å². The van der Waals surface area contributed by atoms with Gasteiger partial charge >= 0.3 is 6.98 Å². The predicted octanol–water partition coefficient (Wildman–Crippen LogP) is 1.48. The highest BCUT2D eigenvalue weighted by Gasteiger charge is 2.26.